The second-order valence-electron chi connectivity index (χ2n) is 3.23. The van der Waals surface area contributed by atoms with Crippen molar-refractivity contribution in [2.45, 2.75) is 20.8 Å². The quantitative estimate of drug-likeness (QED) is 0.214. The zero-order chi connectivity index (χ0) is 16.2. The molecule has 0 aromatic rings. The summed E-state index contributed by atoms with van der Waals surface area (Å²) in [6, 6.07) is 0. The first-order valence-electron chi connectivity index (χ1n) is 4.48. The Kier molecular flexibility index (Phi) is 13.8. The summed E-state index contributed by atoms with van der Waals surface area (Å²) in [5, 5.41) is 15.6. The molecule has 0 radical (unpaired) electrons. The average Bonchev–Trinajstić information content (AvgIpc) is 2.12. The Bertz CT molecular complexity index is 367. The molecule has 0 heterocycles. The SMILES string of the molecule is C=C(C)C(=O)OO.CC(C)=CC(=O)O.O=P(O)(O)O. The molecule has 0 atom stereocenters. The number of rotatable bonds is 2. The molecule has 0 aromatic carbocycles. The van der Waals surface area contributed by atoms with E-state index in [9.17, 15) is 9.59 Å². The van der Waals surface area contributed by atoms with E-state index < -0.39 is 19.8 Å². The van der Waals surface area contributed by atoms with Gasteiger partial charge in [0.05, 0.1) is 0 Å². The Morgan fingerprint density at radius 1 is 1.16 bits per heavy atom. The van der Waals surface area contributed by atoms with Gasteiger partial charge in [-0.3, -0.25) is 4.89 Å². The summed E-state index contributed by atoms with van der Waals surface area (Å²) in [7, 11) is -4.64. The van der Waals surface area contributed by atoms with E-state index in [2.05, 4.69) is 11.5 Å². The van der Waals surface area contributed by atoms with Crippen molar-refractivity contribution >= 4 is 19.8 Å². The van der Waals surface area contributed by atoms with Gasteiger partial charge in [-0.2, -0.15) is 5.26 Å². The lowest BCUT2D eigenvalue weighted by Crippen LogP contribution is -1.99. The largest absolute Gasteiger partial charge is 0.478 e. The molecule has 0 saturated carbocycles. The van der Waals surface area contributed by atoms with Crippen molar-refractivity contribution in [3.8, 4) is 0 Å². The average molecular weight is 300 g/mol. The van der Waals surface area contributed by atoms with E-state index in [4.69, 9.17) is 29.6 Å². The molecule has 0 bridgehead atoms. The molecule has 10 heteroatoms. The predicted octanol–water partition coefficient (Wildman–Crippen LogP) is 0.687. The zero-order valence-electron chi connectivity index (χ0n) is 10.6. The third-order valence-corrected chi connectivity index (χ3v) is 0.844. The van der Waals surface area contributed by atoms with E-state index >= 15 is 0 Å². The molecule has 0 aliphatic rings. The van der Waals surface area contributed by atoms with Crippen LogP contribution in [0.15, 0.2) is 23.8 Å². The molecular formula is C9H17O9P. The van der Waals surface area contributed by atoms with Crippen LogP contribution in [0.3, 0.4) is 0 Å². The van der Waals surface area contributed by atoms with Gasteiger partial charge in [-0.25, -0.2) is 14.2 Å². The lowest BCUT2D eigenvalue weighted by molar-refractivity contribution is -0.229. The van der Waals surface area contributed by atoms with Crippen molar-refractivity contribution < 1.29 is 44.1 Å². The van der Waals surface area contributed by atoms with Crippen LogP contribution < -0.4 is 0 Å². The standard InChI is InChI=1S/C5H8O2.C4H6O3.H3O4P/c1-4(2)3-5(6)7;1-3(2)4(5)7-6;1-5(2,3)4/h3H,1-2H3,(H,6,7);6H,1H2,2H3;(H3,1,2,3,4). The normalized spacial score (nSPS) is 8.79. The molecule has 0 unspecified atom stereocenters. The van der Waals surface area contributed by atoms with Crippen LogP contribution >= 0.6 is 7.82 Å². The number of carboxylic acids is 1. The predicted molar refractivity (Wildman–Crippen MR) is 64.9 cm³/mol. The second kappa shape index (κ2) is 11.6. The van der Waals surface area contributed by atoms with Gasteiger partial charge in [-0.1, -0.05) is 12.2 Å². The number of aliphatic carboxylic acids is 1. The number of carbonyl (C=O) groups excluding carboxylic acids is 1. The summed E-state index contributed by atoms with van der Waals surface area (Å²) in [6.45, 7) is 8.12. The minimum atomic E-state index is -4.64. The summed E-state index contributed by atoms with van der Waals surface area (Å²) in [4.78, 5) is 44.5. The Morgan fingerprint density at radius 3 is 1.47 bits per heavy atom. The minimum Gasteiger partial charge on any atom is -0.478 e. The molecule has 0 aromatic heterocycles. The third kappa shape index (κ3) is 48.0. The number of hydrogen-bond donors (Lipinski definition) is 5. The van der Waals surface area contributed by atoms with Crippen LogP contribution in [0.25, 0.3) is 0 Å². The van der Waals surface area contributed by atoms with Crippen LogP contribution in [-0.2, 0) is 19.0 Å². The van der Waals surface area contributed by atoms with E-state index in [1.807, 2.05) is 0 Å². The highest BCUT2D eigenvalue weighted by molar-refractivity contribution is 7.45. The van der Waals surface area contributed by atoms with Gasteiger partial charge in [-0.05, 0) is 20.8 Å². The highest BCUT2D eigenvalue weighted by Gasteiger charge is 2.00. The first-order chi connectivity index (χ1) is 8.31. The van der Waals surface area contributed by atoms with Gasteiger partial charge in [0.2, 0.25) is 0 Å². The van der Waals surface area contributed by atoms with Crippen molar-refractivity contribution in [2.75, 3.05) is 0 Å². The molecule has 5 N–H and O–H groups in total. The Morgan fingerprint density at radius 2 is 1.47 bits per heavy atom. The van der Waals surface area contributed by atoms with Crippen LogP contribution in [0.5, 0.6) is 0 Å². The van der Waals surface area contributed by atoms with E-state index in [1.54, 1.807) is 13.8 Å². The topological polar surface area (TPSA) is 162 Å². The maximum absolute atomic E-state index is 9.94. The van der Waals surface area contributed by atoms with Crippen LogP contribution in [0, 0.1) is 0 Å². The number of phosphoric acid groups is 1. The summed E-state index contributed by atoms with van der Waals surface area (Å²) in [6.07, 6.45) is 1.17. The Balaban J connectivity index is -0.000000206. The van der Waals surface area contributed by atoms with E-state index in [0.717, 1.165) is 5.57 Å². The molecule has 0 saturated heterocycles. The maximum Gasteiger partial charge on any atom is 0.466 e. The van der Waals surface area contributed by atoms with Gasteiger partial charge in [0, 0.05) is 11.6 Å². The molecular weight excluding hydrogens is 283 g/mol. The number of carbonyl (C=O) groups is 2. The lowest BCUT2D eigenvalue weighted by atomic mass is 10.3. The van der Waals surface area contributed by atoms with Gasteiger partial charge in [-0.15, -0.1) is 0 Å². The summed E-state index contributed by atoms with van der Waals surface area (Å²) in [5.41, 5.74) is 0.995. The molecule has 9 nitrogen and oxygen atoms in total. The van der Waals surface area contributed by atoms with Crippen molar-refractivity contribution in [3.05, 3.63) is 23.8 Å². The highest BCUT2D eigenvalue weighted by atomic mass is 31.2. The lowest BCUT2D eigenvalue weighted by Gasteiger charge is -1.88. The van der Waals surface area contributed by atoms with Crippen molar-refractivity contribution in [1.29, 1.82) is 0 Å². The van der Waals surface area contributed by atoms with Gasteiger partial charge in [0.15, 0.2) is 0 Å². The molecule has 0 aliphatic heterocycles. The smallest absolute Gasteiger partial charge is 0.466 e. The fraction of sp³-hybridized carbons (Fsp3) is 0.333. The van der Waals surface area contributed by atoms with E-state index in [0.29, 0.717) is 0 Å². The molecule has 0 rings (SSSR count). The number of allylic oxidation sites excluding steroid dienone is 1. The molecule has 0 aliphatic carbocycles. The number of carboxylic acid groups (broad SMARTS) is 1. The van der Waals surface area contributed by atoms with Gasteiger partial charge < -0.3 is 19.8 Å². The van der Waals surface area contributed by atoms with Gasteiger partial charge in [0.25, 0.3) is 0 Å². The molecule has 0 spiro atoms. The van der Waals surface area contributed by atoms with Crippen LogP contribution in [-0.4, -0.2) is 37.0 Å². The summed E-state index contributed by atoms with van der Waals surface area (Å²) in [5.74, 6) is -1.67. The van der Waals surface area contributed by atoms with E-state index in [-0.39, 0.29) is 5.57 Å². The Labute approximate surface area is 109 Å². The van der Waals surface area contributed by atoms with Crippen LogP contribution in [0.1, 0.15) is 20.8 Å². The summed E-state index contributed by atoms with van der Waals surface area (Å²) < 4.78 is 8.88. The molecule has 112 valence electrons. The van der Waals surface area contributed by atoms with Crippen LogP contribution in [0.2, 0.25) is 0 Å². The van der Waals surface area contributed by atoms with E-state index in [1.165, 1.54) is 13.0 Å². The van der Waals surface area contributed by atoms with Crippen molar-refractivity contribution in [2.24, 2.45) is 0 Å². The Hall–Kier alpha value is -1.51. The fourth-order valence-corrected chi connectivity index (χ4v) is 0.325. The maximum atomic E-state index is 9.94. The third-order valence-electron chi connectivity index (χ3n) is 0.844. The van der Waals surface area contributed by atoms with Crippen LogP contribution in [0.4, 0.5) is 0 Å². The molecule has 0 amide bonds. The first-order valence-corrected chi connectivity index (χ1v) is 6.05. The number of hydrogen-bond acceptors (Lipinski definition) is 5. The summed E-state index contributed by atoms with van der Waals surface area (Å²) >= 11 is 0. The van der Waals surface area contributed by atoms with Gasteiger partial charge in [0.1, 0.15) is 0 Å². The van der Waals surface area contributed by atoms with Crippen molar-refractivity contribution in [3.63, 3.8) is 0 Å². The van der Waals surface area contributed by atoms with Gasteiger partial charge >= 0.3 is 19.8 Å². The molecule has 19 heavy (non-hydrogen) atoms. The second-order valence-corrected chi connectivity index (χ2v) is 4.26. The first kappa shape index (κ1) is 22.7. The fourth-order valence-electron chi connectivity index (χ4n) is 0.325. The van der Waals surface area contributed by atoms with Crippen molar-refractivity contribution in [1.82, 2.24) is 0 Å². The highest BCUT2D eigenvalue weighted by Crippen LogP contribution is 2.25. The minimum absolute atomic E-state index is 0.183. The zero-order valence-corrected chi connectivity index (χ0v) is 11.5. The monoisotopic (exact) mass is 300 g/mol. The molecule has 0 fully saturated rings.